The van der Waals surface area contributed by atoms with E-state index in [2.05, 4.69) is 11.8 Å². The first-order chi connectivity index (χ1) is 7.19. The predicted molar refractivity (Wildman–Crippen MR) is 65.5 cm³/mol. The van der Waals surface area contributed by atoms with Gasteiger partial charge >= 0.3 is 0 Å². The molecule has 0 aliphatic carbocycles. The molecule has 0 unspecified atom stereocenters. The first-order valence-corrected chi connectivity index (χ1v) is 5.47. The summed E-state index contributed by atoms with van der Waals surface area (Å²) >= 11 is 6.10. The number of aliphatic hydroxyl groups is 1. The number of halogens is 1. The van der Waals surface area contributed by atoms with Crippen molar-refractivity contribution in [3.8, 4) is 0 Å². The number of rotatable bonds is 5. The van der Waals surface area contributed by atoms with Gasteiger partial charge in [-0.2, -0.15) is 0 Å². The second-order valence-electron chi connectivity index (χ2n) is 3.37. The molecule has 15 heavy (non-hydrogen) atoms. The molecule has 0 saturated heterocycles. The normalized spacial score (nSPS) is 10.3. The van der Waals surface area contributed by atoms with Crippen LogP contribution in [-0.2, 0) is 0 Å². The Kier molecular flexibility index (Phi) is 4.72. The first-order valence-electron chi connectivity index (χ1n) is 5.10. The lowest BCUT2D eigenvalue weighted by Gasteiger charge is -2.24. The van der Waals surface area contributed by atoms with Gasteiger partial charge in [-0.05, 0) is 31.5 Å². The summed E-state index contributed by atoms with van der Waals surface area (Å²) in [5.74, 6) is 0. The average Bonchev–Trinajstić information content (AvgIpc) is 2.21. The second-order valence-corrected chi connectivity index (χ2v) is 3.77. The summed E-state index contributed by atoms with van der Waals surface area (Å²) in [7, 11) is 0. The van der Waals surface area contributed by atoms with E-state index in [9.17, 15) is 0 Å². The maximum absolute atomic E-state index is 8.79. The Morgan fingerprint density at radius 2 is 2.20 bits per heavy atom. The second kappa shape index (κ2) is 5.83. The van der Waals surface area contributed by atoms with Gasteiger partial charge in [0.2, 0.25) is 0 Å². The molecule has 0 heterocycles. The lowest BCUT2D eigenvalue weighted by molar-refractivity contribution is 0.289. The molecule has 3 nitrogen and oxygen atoms in total. The van der Waals surface area contributed by atoms with Gasteiger partial charge in [0.05, 0.1) is 10.7 Å². The van der Waals surface area contributed by atoms with Crippen LogP contribution < -0.4 is 10.6 Å². The minimum atomic E-state index is 0.198. The molecule has 3 N–H and O–H groups in total. The highest BCUT2D eigenvalue weighted by Crippen LogP contribution is 2.27. The number of nitrogens with two attached hydrogens (primary N) is 1. The smallest absolute Gasteiger partial charge is 0.0660 e. The van der Waals surface area contributed by atoms with Crippen LogP contribution in [0.1, 0.15) is 13.3 Å². The Morgan fingerprint density at radius 3 is 2.73 bits per heavy atom. The number of hydrogen-bond acceptors (Lipinski definition) is 3. The van der Waals surface area contributed by atoms with Gasteiger partial charge in [0.1, 0.15) is 0 Å². The number of benzene rings is 1. The van der Waals surface area contributed by atoms with Crippen LogP contribution in [0.25, 0.3) is 0 Å². The van der Waals surface area contributed by atoms with Crippen molar-refractivity contribution in [3.05, 3.63) is 23.2 Å². The molecular formula is C11H17ClN2O. The molecule has 0 bridgehead atoms. The third kappa shape index (κ3) is 3.29. The van der Waals surface area contributed by atoms with E-state index in [1.807, 2.05) is 12.1 Å². The number of anilines is 2. The molecule has 0 radical (unpaired) electrons. The molecule has 0 spiro atoms. The van der Waals surface area contributed by atoms with E-state index in [-0.39, 0.29) is 6.61 Å². The van der Waals surface area contributed by atoms with E-state index in [0.29, 0.717) is 10.7 Å². The van der Waals surface area contributed by atoms with E-state index >= 15 is 0 Å². The lowest BCUT2D eigenvalue weighted by atomic mass is 10.2. The summed E-state index contributed by atoms with van der Waals surface area (Å²) in [6.07, 6.45) is 0.745. The minimum absolute atomic E-state index is 0.198. The zero-order chi connectivity index (χ0) is 11.3. The van der Waals surface area contributed by atoms with Crippen LogP contribution in [0.5, 0.6) is 0 Å². The highest BCUT2D eigenvalue weighted by molar-refractivity contribution is 6.33. The molecule has 0 fully saturated rings. The molecule has 0 aromatic heterocycles. The Morgan fingerprint density at radius 1 is 1.47 bits per heavy atom. The van der Waals surface area contributed by atoms with Crippen molar-refractivity contribution < 1.29 is 5.11 Å². The fourth-order valence-electron chi connectivity index (χ4n) is 1.49. The monoisotopic (exact) mass is 228 g/mol. The van der Waals surface area contributed by atoms with Gasteiger partial charge in [-0.25, -0.2) is 0 Å². The summed E-state index contributed by atoms with van der Waals surface area (Å²) < 4.78 is 0. The topological polar surface area (TPSA) is 49.5 Å². The van der Waals surface area contributed by atoms with Crippen LogP contribution in [-0.4, -0.2) is 24.8 Å². The Hall–Kier alpha value is -0.930. The molecule has 0 saturated carbocycles. The van der Waals surface area contributed by atoms with Gasteiger partial charge in [0.15, 0.2) is 0 Å². The van der Waals surface area contributed by atoms with Crippen molar-refractivity contribution in [2.75, 3.05) is 30.3 Å². The highest BCUT2D eigenvalue weighted by atomic mass is 35.5. The Balaban J connectivity index is 2.81. The fraction of sp³-hybridized carbons (Fsp3) is 0.455. The number of nitrogens with zero attached hydrogens (tertiary/aromatic N) is 1. The van der Waals surface area contributed by atoms with Crippen molar-refractivity contribution >= 4 is 23.0 Å². The van der Waals surface area contributed by atoms with E-state index < -0.39 is 0 Å². The predicted octanol–water partition coefficient (Wildman–Crippen LogP) is 2.13. The van der Waals surface area contributed by atoms with Crippen molar-refractivity contribution in [3.63, 3.8) is 0 Å². The summed E-state index contributed by atoms with van der Waals surface area (Å²) in [6, 6.07) is 5.50. The lowest BCUT2D eigenvalue weighted by Crippen LogP contribution is -2.24. The quantitative estimate of drug-likeness (QED) is 0.760. The van der Waals surface area contributed by atoms with Crippen LogP contribution in [0.3, 0.4) is 0 Å². The zero-order valence-electron chi connectivity index (χ0n) is 8.91. The van der Waals surface area contributed by atoms with Crippen LogP contribution in [0.4, 0.5) is 11.4 Å². The largest absolute Gasteiger partial charge is 0.399 e. The van der Waals surface area contributed by atoms with Gasteiger partial charge in [0, 0.05) is 25.4 Å². The van der Waals surface area contributed by atoms with Gasteiger partial charge in [-0.3, -0.25) is 0 Å². The van der Waals surface area contributed by atoms with Gasteiger partial charge in [-0.15, -0.1) is 0 Å². The average molecular weight is 229 g/mol. The summed E-state index contributed by atoms with van der Waals surface area (Å²) in [4.78, 5) is 2.12. The van der Waals surface area contributed by atoms with Crippen LogP contribution in [0.2, 0.25) is 5.02 Å². The van der Waals surface area contributed by atoms with Gasteiger partial charge in [-0.1, -0.05) is 11.6 Å². The maximum atomic E-state index is 8.79. The summed E-state index contributed by atoms with van der Waals surface area (Å²) in [5.41, 5.74) is 7.27. The van der Waals surface area contributed by atoms with E-state index in [0.717, 1.165) is 25.2 Å². The molecule has 0 amide bonds. The molecule has 84 valence electrons. The SMILES string of the molecule is CCN(CCCO)c1ccc(N)cc1Cl. The maximum Gasteiger partial charge on any atom is 0.0660 e. The van der Waals surface area contributed by atoms with Crippen LogP contribution >= 0.6 is 11.6 Å². The molecule has 4 heteroatoms. The molecule has 0 atom stereocenters. The number of hydrogen-bond donors (Lipinski definition) is 2. The van der Waals surface area contributed by atoms with E-state index in [1.54, 1.807) is 6.07 Å². The summed E-state index contributed by atoms with van der Waals surface area (Å²) in [6.45, 7) is 3.92. The van der Waals surface area contributed by atoms with Crippen molar-refractivity contribution in [1.29, 1.82) is 0 Å². The zero-order valence-corrected chi connectivity index (χ0v) is 9.67. The Labute approximate surface area is 95.5 Å². The van der Waals surface area contributed by atoms with Crippen molar-refractivity contribution in [1.82, 2.24) is 0 Å². The van der Waals surface area contributed by atoms with E-state index in [1.165, 1.54) is 0 Å². The standard InChI is InChI=1S/C11H17ClN2O/c1-2-14(6-3-7-15)11-5-4-9(13)8-10(11)12/h4-5,8,15H,2-3,6-7,13H2,1H3. The van der Waals surface area contributed by atoms with E-state index in [4.69, 9.17) is 22.4 Å². The molecule has 1 aromatic carbocycles. The highest BCUT2D eigenvalue weighted by Gasteiger charge is 2.07. The first kappa shape index (κ1) is 12.1. The van der Waals surface area contributed by atoms with Crippen molar-refractivity contribution in [2.24, 2.45) is 0 Å². The van der Waals surface area contributed by atoms with Gasteiger partial charge in [0.25, 0.3) is 0 Å². The minimum Gasteiger partial charge on any atom is -0.399 e. The molecule has 1 rings (SSSR count). The molecule has 1 aromatic rings. The number of nitrogen functional groups attached to an aromatic ring is 1. The van der Waals surface area contributed by atoms with Crippen molar-refractivity contribution in [2.45, 2.75) is 13.3 Å². The Bertz CT molecular complexity index is 317. The van der Waals surface area contributed by atoms with Crippen LogP contribution in [0, 0.1) is 0 Å². The number of aliphatic hydroxyl groups excluding tert-OH is 1. The third-order valence-electron chi connectivity index (χ3n) is 2.28. The molecule has 0 aliphatic heterocycles. The fourth-order valence-corrected chi connectivity index (χ4v) is 1.80. The van der Waals surface area contributed by atoms with Gasteiger partial charge < -0.3 is 15.7 Å². The molecule has 0 aliphatic rings. The molecular weight excluding hydrogens is 212 g/mol. The van der Waals surface area contributed by atoms with Crippen LogP contribution in [0.15, 0.2) is 18.2 Å². The summed E-state index contributed by atoms with van der Waals surface area (Å²) in [5, 5.41) is 9.45. The third-order valence-corrected chi connectivity index (χ3v) is 2.58.